The van der Waals surface area contributed by atoms with E-state index in [1.54, 1.807) is 0 Å². The number of carbonyl (C=O) groups is 1. The second-order valence-electron chi connectivity index (χ2n) is 14.8. The maximum absolute atomic E-state index is 14.2. The van der Waals surface area contributed by atoms with Crippen molar-refractivity contribution in [3.05, 3.63) is 121 Å². The van der Waals surface area contributed by atoms with Gasteiger partial charge in [-0.05, 0) is 71.7 Å². The molecule has 2 unspecified atom stereocenters. The van der Waals surface area contributed by atoms with Gasteiger partial charge in [0.2, 0.25) is 5.91 Å². The molecule has 4 aromatic carbocycles. The second kappa shape index (κ2) is 15.9. The van der Waals surface area contributed by atoms with Gasteiger partial charge in [-0.3, -0.25) is 14.6 Å². The monoisotopic (exact) mass is 737 g/mol. The summed E-state index contributed by atoms with van der Waals surface area (Å²) in [6.07, 6.45) is 5.44. The van der Waals surface area contributed by atoms with Crippen molar-refractivity contribution in [3.8, 4) is 33.6 Å². The minimum Gasteiger partial charge on any atom is -0.346 e. The Kier molecular flexibility index (Phi) is 10.7. The fraction of sp³-hybridized carbons (Fsp3) is 0.356. The van der Waals surface area contributed by atoms with Crippen LogP contribution in [0, 0.1) is 0 Å². The van der Waals surface area contributed by atoms with Crippen LogP contribution in [0.1, 0.15) is 62.9 Å². The number of nitrogens with one attached hydrogen (secondary N) is 2. The van der Waals surface area contributed by atoms with E-state index < -0.39 is 5.79 Å². The molecule has 0 saturated carbocycles. The Bertz CT molecular complexity index is 2220. The van der Waals surface area contributed by atoms with Crippen molar-refractivity contribution in [2.75, 3.05) is 46.4 Å². The van der Waals surface area contributed by atoms with E-state index in [-0.39, 0.29) is 18.0 Å². The van der Waals surface area contributed by atoms with Crippen LogP contribution in [0.5, 0.6) is 0 Å². The van der Waals surface area contributed by atoms with Crippen LogP contribution in [0.15, 0.2) is 103 Å². The van der Waals surface area contributed by atoms with E-state index in [2.05, 4.69) is 120 Å². The van der Waals surface area contributed by atoms with E-state index in [1.165, 1.54) is 5.39 Å². The predicted octanol–water partition coefficient (Wildman–Crippen LogP) is 8.23. The lowest BCUT2D eigenvalue weighted by Gasteiger charge is -2.33. The molecular weight excluding hydrogens is 687 g/mol. The highest BCUT2D eigenvalue weighted by Gasteiger charge is 2.48. The standard InChI is InChI=1S/C45H51N7O3/c1-5-21-52(44(53)42(51(6-2)7-3)33-11-9-8-10-12-33)29-41-46-27-39(48-41)37-20-19-35-24-34(17-18-36(35)25-37)31-13-15-32(16-14-31)38-28-47-43(49-38)40-26-45(30-50(40)4)54-22-23-55-45/h8-20,24-25,27-28,40,42H,5-7,21-23,26,29-30H2,1-4H3,(H,46,48)(H,47,49). The van der Waals surface area contributed by atoms with Crippen LogP contribution in [0.3, 0.4) is 0 Å². The number of hydrogen-bond donors (Lipinski definition) is 2. The Morgan fingerprint density at radius 2 is 1.45 bits per heavy atom. The van der Waals surface area contributed by atoms with Crippen molar-refractivity contribution < 1.29 is 14.3 Å². The van der Waals surface area contributed by atoms with Gasteiger partial charge in [0.25, 0.3) is 0 Å². The van der Waals surface area contributed by atoms with Crippen LogP contribution in [0.4, 0.5) is 0 Å². The molecule has 0 aliphatic carbocycles. The van der Waals surface area contributed by atoms with Gasteiger partial charge in [0.1, 0.15) is 17.7 Å². The van der Waals surface area contributed by atoms with Gasteiger partial charge in [0, 0.05) is 18.5 Å². The third-order valence-corrected chi connectivity index (χ3v) is 11.2. The van der Waals surface area contributed by atoms with E-state index in [4.69, 9.17) is 19.4 Å². The van der Waals surface area contributed by atoms with Crippen LogP contribution < -0.4 is 0 Å². The smallest absolute Gasteiger partial charge is 0.244 e. The maximum atomic E-state index is 14.2. The molecule has 1 spiro atoms. The average Bonchev–Trinajstić information content (AvgIpc) is 4.05. The summed E-state index contributed by atoms with van der Waals surface area (Å²) >= 11 is 0. The van der Waals surface area contributed by atoms with Gasteiger partial charge in [0.15, 0.2) is 5.79 Å². The fourth-order valence-corrected chi connectivity index (χ4v) is 8.32. The zero-order valence-corrected chi connectivity index (χ0v) is 32.3. The molecular formula is C45H51N7O3. The highest BCUT2D eigenvalue weighted by Crippen LogP contribution is 2.41. The number of aromatic amines is 2. The first-order valence-corrected chi connectivity index (χ1v) is 19.7. The summed E-state index contributed by atoms with van der Waals surface area (Å²) in [5, 5.41) is 2.32. The van der Waals surface area contributed by atoms with Gasteiger partial charge >= 0.3 is 0 Å². The highest BCUT2D eigenvalue weighted by molar-refractivity contribution is 5.90. The third kappa shape index (κ3) is 7.60. The van der Waals surface area contributed by atoms with Gasteiger partial charge in [-0.15, -0.1) is 0 Å². The molecule has 2 N–H and O–H groups in total. The second-order valence-corrected chi connectivity index (χ2v) is 14.8. The highest BCUT2D eigenvalue weighted by atomic mass is 16.7. The topological polar surface area (TPSA) is 103 Å². The molecule has 10 nitrogen and oxygen atoms in total. The molecule has 2 aliphatic heterocycles. The van der Waals surface area contributed by atoms with Crippen molar-refractivity contribution >= 4 is 16.7 Å². The lowest BCUT2D eigenvalue weighted by molar-refractivity contribution is -0.145. The quantitative estimate of drug-likeness (QED) is 0.123. The summed E-state index contributed by atoms with van der Waals surface area (Å²) in [5.74, 6) is 1.32. The molecule has 2 aromatic heterocycles. The van der Waals surface area contributed by atoms with Crippen molar-refractivity contribution in [1.82, 2.24) is 34.6 Å². The van der Waals surface area contributed by atoms with Gasteiger partial charge in [0.05, 0.1) is 56.1 Å². The molecule has 2 saturated heterocycles. The maximum Gasteiger partial charge on any atom is 0.244 e. The van der Waals surface area contributed by atoms with Gasteiger partial charge in [-0.2, -0.15) is 0 Å². The Morgan fingerprint density at radius 3 is 2.16 bits per heavy atom. The number of fused-ring (bicyclic) bond motifs is 1. The Balaban J connectivity index is 0.951. The lowest BCUT2D eigenvalue weighted by atomic mass is 9.98. The zero-order valence-electron chi connectivity index (χ0n) is 32.3. The van der Waals surface area contributed by atoms with E-state index in [0.29, 0.717) is 26.3 Å². The fourth-order valence-electron chi connectivity index (χ4n) is 8.32. The zero-order chi connectivity index (χ0) is 37.9. The summed E-state index contributed by atoms with van der Waals surface area (Å²) in [6, 6.07) is 31.7. The third-order valence-electron chi connectivity index (χ3n) is 11.2. The van der Waals surface area contributed by atoms with Crippen molar-refractivity contribution in [3.63, 3.8) is 0 Å². The number of likely N-dealkylation sites (tertiary alicyclic amines) is 1. The molecule has 284 valence electrons. The number of H-pyrrole nitrogens is 2. The molecule has 2 atom stereocenters. The first-order valence-electron chi connectivity index (χ1n) is 19.7. The summed E-state index contributed by atoms with van der Waals surface area (Å²) in [5.41, 5.74) is 7.43. The molecule has 2 fully saturated rings. The summed E-state index contributed by atoms with van der Waals surface area (Å²) < 4.78 is 11.9. The van der Waals surface area contributed by atoms with Crippen LogP contribution in [0.2, 0.25) is 0 Å². The van der Waals surface area contributed by atoms with Crippen LogP contribution in [-0.4, -0.2) is 92.8 Å². The average molecular weight is 738 g/mol. The lowest BCUT2D eigenvalue weighted by Crippen LogP contribution is -2.43. The molecule has 0 radical (unpaired) electrons. The number of rotatable bonds is 13. The van der Waals surface area contributed by atoms with E-state index >= 15 is 0 Å². The Morgan fingerprint density at radius 1 is 0.818 bits per heavy atom. The molecule has 6 aromatic rings. The van der Waals surface area contributed by atoms with Crippen LogP contribution in [-0.2, 0) is 20.8 Å². The minimum atomic E-state index is -0.504. The van der Waals surface area contributed by atoms with Crippen molar-refractivity contribution in [1.29, 1.82) is 0 Å². The normalized spacial score (nSPS) is 17.4. The van der Waals surface area contributed by atoms with Crippen LogP contribution in [0.25, 0.3) is 44.4 Å². The van der Waals surface area contributed by atoms with Crippen LogP contribution >= 0.6 is 0 Å². The largest absolute Gasteiger partial charge is 0.346 e. The number of amides is 1. The predicted molar refractivity (Wildman–Crippen MR) is 217 cm³/mol. The number of hydrogen-bond acceptors (Lipinski definition) is 7. The Labute approximate surface area is 323 Å². The van der Waals surface area contributed by atoms with Gasteiger partial charge in [-0.25, -0.2) is 9.97 Å². The number of aromatic nitrogens is 4. The molecule has 2 aliphatic rings. The summed E-state index contributed by atoms with van der Waals surface area (Å²) in [6.45, 7) is 11.1. The van der Waals surface area contributed by atoms with E-state index in [9.17, 15) is 4.79 Å². The number of benzene rings is 4. The molecule has 0 bridgehead atoms. The molecule has 55 heavy (non-hydrogen) atoms. The van der Waals surface area contributed by atoms with Gasteiger partial charge < -0.3 is 24.3 Å². The number of imidazole rings is 2. The minimum absolute atomic E-state index is 0.109. The van der Waals surface area contributed by atoms with Crippen molar-refractivity contribution in [2.24, 2.45) is 0 Å². The van der Waals surface area contributed by atoms with E-state index in [0.717, 1.165) is 88.7 Å². The number of ether oxygens (including phenoxy) is 2. The molecule has 4 heterocycles. The molecule has 8 rings (SSSR count). The number of nitrogens with zero attached hydrogens (tertiary/aromatic N) is 5. The number of carbonyl (C=O) groups excluding carboxylic acids is 1. The van der Waals surface area contributed by atoms with Crippen molar-refractivity contribution in [2.45, 2.75) is 58.0 Å². The first-order chi connectivity index (χ1) is 26.9. The molecule has 10 heteroatoms. The number of likely N-dealkylation sites (N-methyl/N-ethyl adjacent to an activating group) is 2. The van der Waals surface area contributed by atoms with E-state index in [1.807, 2.05) is 35.5 Å². The summed E-state index contributed by atoms with van der Waals surface area (Å²) in [7, 11) is 2.10. The first kappa shape index (κ1) is 36.8. The Hall–Kier alpha value is -5.13. The molecule has 1 amide bonds. The SMILES string of the molecule is CCCN(Cc1ncc(-c2ccc3cc(-c4ccc(-c5cnc(C6CC7(CN6C)OCCO7)[nH]5)cc4)ccc3c2)[nH]1)C(=O)C(c1ccccc1)N(CC)CC. The summed E-state index contributed by atoms with van der Waals surface area (Å²) in [4.78, 5) is 37.2. The van der Waals surface area contributed by atoms with Gasteiger partial charge in [-0.1, -0.05) is 99.6 Å².